The summed E-state index contributed by atoms with van der Waals surface area (Å²) >= 11 is 7.34. The number of carboxylic acids is 1. The first-order chi connectivity index (χ1) is 32.1. The monoisotopic (exact) mass is 1020 g/mol. The van der Waals surface area contributed by atoms with Gasteiger partial charge in [-0.25, -0.2) is 39.7 Å². The van der Waals surface area contributed by atoms with E-state index in [1.807, 2.05) is 33.1 Å². The van der Waals surface area contributed by atoms with Crippen molar-refractivity contribution in [1.82, 2.24) is 61.5 Å². The highest BCUT2D eigenvalue weighted by Gasteiger charge is 2.30. The van der Waals surface area contributed by atoms with Gasteiger partial charge in [0.1, 0.15) is 64.2 Å². The number of carboxylic acid groups (broad SMARTS) is 1. The Balaban J connectivity index is 1.19. The summed E-state index contributed by atoms with van der Waals surface area (Å²) in [6.45, 7) is 9.09. The van der Waals surface area contributed by atoms with Crippen LogP contribution in [0.15, 0.2) is 39.0 Å². The third-order valence-electron chi connectivity index (χ3n) is 10.2. The lowest BCUT2D eigenvalue weighted by Gasteiger charge is -2.20. The molecule has 25 heteroatoms. The van der Waals surface area contributed by atoms with Gasteiger partial charge in [0.05, 0.1) is 36.8 Å². The molecule has 0 aliphatic carbocycles. The molecule has 19 nitrogen and oxygen atoms in total. The van der Waals surface area contributed by atoms with Crippen molar-refractivity contribution in [3.63, 3.8) is 0 Å². The lowest BCUT2D eigenvalue weighted by Crippen LogP contribution is -2.40. The van der Waals surface area contributed by atoms with E-state index in [0.717, 1.165) is 22.7 Å². The van der Waals surface area contributed by atoms with Crippen LogP contribution >= 0.6 is 68.0 Å². The van der Waals surface area contributed by atoms with Crippen molar-refractivity contribution in [2.45, 2.75) is 59.2 Å². The zero-order valence-electron chi connectivity index (χ0n) is 36.3. The first-order valence-corrected chi connectivity index (χ1v) is 25.7. The zero-order chi connectivity index (χ0) is 47.7. The van der Waals surface area contributed by atoms with Gasteiger partial charge in [0.2, 0.25) is 11.8 Å². The normalized spacial score (nSPS) is 17.1. The van der Waals surface area contributed by atoms with Crippen molar-refractivity contribution in [3.8, 4) is 43.4 Å². The van der Waals surface area contributed by atoms with Crippen LogP contribution in [0.2, 0.25) is 0 Å². The molecule has 0 radical (unpaired) electrons. The molecule has 7 aromatic heterocycles. The summed E-state index contributed by atoms with van der Waals surface area (Å²) in [5.41, 5.74) is 2.43. The largest absolute Gasteiger partial charge is 0.476 e. The molecule has 3 unspecified atom stereocenters. The van der Waals surface area contributed by atoms with Crippen molar-refractivity contribution in [2.24, 2.45) is 11.8 Å². The van der Waals surface area contributed by atoms with E-state index in [1.54, 1.807) is 35.2 Å². The lowest BCUT2D eigenvalue weighted by molar-refractivity contribution is -0.122. The van der Waals surface area contributed by atoms with Gasteiger partial charge in [-0.1, -0.05) is 27.7 Å². The van der Waals surface area contributed by atoms with Crippen LogP contribution in [-0.2, 0) is 9.59 Å². The number of amides is 5. The van der Waals surface area contributed by atoms with Crippen LogP contribution in [-0.4, -0.2) is 89.1 Å². The maximum Gasteiger partial charge on any atom is 0.355 e. The van der Waals surface area contributed by atoms with Crippen LogP contribution < -0.4 is 26.6 Å². The molecule has 8 heterocycles. The minimum Gasteiger partial charge on any atom is -0.476 e. The molecule has 346 valence electrons. The Hall–Kier alpha value is -6.25. The van der Waals surface area contributed by atoms with E-state index >= 15 is 0 Å². The third-order valence-corrected chi connectivity index (χ3v) is 15.8. The Morgan fingerprint density at radius 1 is 0.657 bits per heavy atom. The van der Waals surface area contributed by atoms with Gasteiger partial charge in [-0.3, -0.25) is 24.0 Å². The summed E-state index contributed by atoms with van der Waals surface area (Å²) in [6, 6.07) is 1.40. The molecule has 1 aliphatic heterocycles. The van der Waals surface area contributed by atoms with Crippen LogP contribution in [0.4, 0.5) is 0 Å². The number of nitrogens with zero attached hydrogens (tertiary/aromatic N) is 7. The smallest absolute Gasteiger partial charge is 0.355 e. The number of aromatic nitrogens is 7. The lowest BCUT2D eigenvalue weighted by atomic mass is 10.0. The topological polar surface area (TPSA) is 273 Å². The number of carbonyl (C=O) groups is 6. The molecule has 5 amide bonds. The molecule has 3 atom stereocenters. The second-order valence-electron chi connectivity index (χ2n) is 15.7. The van der Waals surface area contributed by atoms with E-state index < -0.39 is 47.7 Å². The number of hydrogen-bond donors (Lipinski definition) is 6. The van der Waals surface area contributed by atoms with E-state index in [4.69, 9.17) is 19.9 Å². The fraction of sp³-hybridized carbons (Fsp3) is 0.310. The van der Waals surface area contributed by atoms with Crippen LogP contribution in [0.1, 0.15) is 114 Å². The number of rotatable bonds is 6. The van der Waals surface area contributed by atoms with Crippen LogP contribution in [0.5, 0.6) is 0 Å². The van der Waals surface area contributed by atoms with E-state index in [1.165, 1.54) is 57.8 Å². The van der Waals surface area contributed by atoms with Crippen molar-refractivity contribution in [1.29, 1.82) is 0 Å². The quantitative estimate of drug-likeness (QED) is 0.100. The minimum atomic E-state index is -1.17. The summed E-state index contributed by atoms with van der Waals surface area (Å²) < 4.78 is 0. The van der Waals surface area contributed by atoms with Gasteiger partial charge in [0.25, 0.3) is 17.7 Å². The molecule has 0 aromatic carbocycles. The van der Waals surface area contributed by atoms with E-state index in [0.29, 0.717) is 63.3 Å². The van der Waals surface area contributed by atoms with Gasteiger partial charge in [-0.05, 0) is 30.9 Å². The molecule has 0 spiro atoms. The molecule has 67 heavy (non-hydrogen) atoms. The van der Waals surface area contributed by atoms with Crippen molar-refractivity contribution < 1.29 is 33.9 Å². The first-order valence-electron chi connectivity index (χ1n) is 20.5. The van der Waals surface area contributed by atoms with E-state index in [-0.39, 0.29) is 53.5 Å². The number of hydrogen-bond acceptors (Lipinski definition) is 19. The molecule has 7 aromatic rings. The molecule has 8 rings (SSSR count). The van der Waals surface area contributed by atoms with Crippen LogP contribution in [0.3, 0.4) is 0 Å². The maximum absolute atomic E-state index is 14.0. The highest BCUT2D eigenvalue weighted by Crippen LogP contribution is 2.39. The van der Waals surface area contributed by atoms with Gasteiger partial charge in [0, 0.05) is 44.4 Å². The fourth-order valence-corrected chi connectivity index (χ4v) is 12.2. The summed E-state index contributed by atoms with van der Waals surface area (Å²) in [5.74, 6) is -3.89. The van der Waals surface area contributed by atoms with Crippen molar-refractivity contribution >= 4 is 104 Å². The van der Waals surface area contributed by atoms with Gasteiger partial charge >= 0.3 is 5.97 Å². The summed E-state index contributed by atoms with van der Waals surface area (Å²) in [5, 5.41) is 34.7. The van der Waals surface area contributed by atoms with Crippen molar-refractivity contribution in [3.05, 3.63) is 81.7 Å². The molecule has 0 saturated heterocycles. The highest BCUT2D eigenvalue weighted by molar-refractivity contribution is 7.15. The second kappa shape index (κ2) is 19.9. The number of nitrogens with one attached hydrogen (secondary N) is 5. The summed E-state index contributed by atoms with van der Waals surface area (Å²) in [7, 11) is 1.48. The number of aromatic carboxylic acids is 1. The summed E-state index contributed by atoms with van der Waals surface area (Å²) in [6.07, 6.45) is -0.186. The fourth-order valence-electron chi connectivity index (χ4n) is 6.71. The highest BCUT2D eigenvalue weighted by atomic mass is 32.1. The van der Waals surface area contributed by atoms with Gasteiger partial charge in [-0.15, -0.1) is 68.0 Å². The second-order valence-corrected chi connectivity index (χ2v) is 21.3. The first kappa shape index (κ1) is 47.3. The Bertz CT molecular complexity index is 3040. The Morgan fingerprint density at radius 3 is 1.97 bits per heavy atom. The van der Waals surface area contributed by atoms with Gasteiger partial charge in [0.15, 0.2) is 5.69 Å². The van der Waals surface area contributed by atoms with Gasteiger partial charge < -0.3 is 31.7 Å². The predicted octanol–water partition coefficient (Wildman–Crippen LogP) is 6.79. The Kier molecular flexibility index (Phi) is 14.0. The zero-order valence-corrected chi connectivity index (χ0v) is 41.2. The predicted molar refractivity (Wildman–Crippen MR) is 257 cm³/mol. The number of aryl methyl sites for hydroxylation is 1. The van der Waals surface area contributed by atoms with E-state index in [2.05, 4.69) is 41.5 Å². The van der Waals surface area contributed by atoms with E-state index in [9.17, 15) is 33.9 Å². The standard InChI is InChI=1S/C42H40N12O7S6/c1-16(2)29-40-50-25(14-66-40)38-47-22(11-63-38)32-19(7-8-20(45-32)37-51-26(15-64-37)42(60)61)36-48-24(13-62-36)34(58)46-21(9-27(55)43-6)39-54-31(18(5)67-39)35(59)53-30(17(3)4)41-49-23(12-65-41)33(57)44-10-28(56)52-29/h7-8,11-17,21,29-30H,9-10H2,1-6H3,(H,43,55)(H,44,57)(H,46,58)(H,52,56)(H,53,59)(H,60,61). The molecular weight excluding hydrogens is 977 g/mol. The SMILES string of the molecule is CNC(=O)CC1NC(=O)c2csc(n2)-c2ccc(-c3nc(C(=O)O)cs3)nc2-c2csc(n2)-c2csc(n2)C(C(C)C)NC(=O)CNC(=O)c2csc(n2)C(C(C)C)NC(=O)c2nc1sc2C. The van der Waals surface area contributed by atoms with Crippen molar-refractivity contribution in [2.75, 3.05) is 13.6 Å². The average molecular weight is 1020 g/mol. The van der Waals surface area contributed by atoms with Crippen LogP contribution in [0.25, 0.3) is 43.4 Å². The molecule has 0 saturated carbocycles. The molecule has 0 fully saturated rings. The molecule has 10 bridgehead atoms. The molecular formula is C42H40N12O7S6. The Labute approximate surface area is 406 Å². The summed E-state index contributed by atoms with van der Waals surface area (Å²) in [4.78, 5) is 112. The van der Waals surface area contributed by atoms with Crippen LogP contribution in [0, 0.1) is 18.8 Å². The number of pyridine rings is 1. The number of thiazole rings is 6. The molecule has 6 N–H and O–H groups in total. The number of carbonyl (C=O) groups excluding carboxylic acids is 5. The third kappa shape index (κ3) is 10.4. The van der Waals surface area contributed by atoms with Gasteiger partial charge in [-0.2, -0.15) is 0 Å². The Morgan fingerprint density at radius 2 is 1.27 bits per heavy atom. The number of fused-ring (bicyclic) bond motifs is 14. The molecule has 1 aliphatic rings. The minimum absolute atomic E-state index is 0.0511. The maximum atomic E-state index is 14.0. The average Bonchev–Trinajstić information content (AvgIpc) is 4.16.